The maximum absolute atomic E-state index is 5.99. The number of rotatable bonds is 5. The van der Waals surface area contributed by atoms with E-state index in [0.717, 1.165) is 11.3 Å². The van der Waals surface area contributed by atoms with Crippen molar-refractivity contribution in [3.05, 3.63) is 70.3 Å². The van der Waals surface area contributed by atoms with Crippen LogP contribution in [0.1, 0.15) is 5.56 Å². The van der Waals surface area contributed by atoms with Crippen LogP contribution in [0.25, 0.3) is 0 Å². The summed E-state index contributed by atoms with van der Waals surface area (Å²) in [5, 5.41) is 15.1. The van der Waals surface area contributed by atoms with Crippen molar-refractivity contribution in [3.63, 3.8) is 0 Å². The summed E-state index contributed by atoms with van der Waals surface area (Å²) in [7, 11) is 0. The van der Waals surface area contributed by atoms with Gasteiger partial charge in [0.25, 0.3) is 0 Å². The third-order valence-electron chi connectivity index (χ3n) is 3.05. The van der Waals surface area contributed by atoms with E-state index in [9.17, 15) is 0 Å². The van der Waals surface area contributed by atoms with Gasteiger partial charge in [0.1, 0.15) is 0 Å². The lowest BCUT2D eigenvalue weighted by atomic mass is 10.2. The van der Waals surface area contributed by atoms with Crippen LogP contribution in [0, 0.1) is 0 Å². The van der Waals surface area contributed by atoms with E-state index in [1.54, 1.807) is 24.4 Å². The maximum Gasteiger partial charge on any atom is 0.249 e. The molecule has 0 spiro atoms. The monoisotopic (exact) mass is 345 g/mol. The second-order valence-corrected chi connectivity index (χ2v) is 5.57. The minimum Gasteiger partial charge on any atom is -0.365 e. The van der Waals surface area contributed by atoms with Crippen LogP contribution in [0.4, 0.5) is 17.5 Å². The molecule has 0 unspecified atom stereocenters. The molecule has 0 aliphatic carbocycles. The van der Waals surface area contributed by atoms with Gasteiger partial charge in [0.05, 0.1) is 16.2 Å². The number of benzene rings is 2. The fourth-order valence-corrected chi connectivity index (χ4v) is 2.23. The summed E-state index contributed by atoms with van der Waals surface area (Å²) in [6, 6.07) is 15.2. The Kier molecular flexibility index (Phi) is 4.90. The molecule has 2 aromatic carbocycles. The number of anilines is 3. The molecule has 23 heavy (non-hydrogen) atoms. The van der Waals surface area contributed by atoms with Crippen LogP contribution in [-0.2, 0) is 6.54 Å². The first-order valence-electron chi connectivity index (χ1n) is 6.90. The zero-order valence-corrected chi connectivity index (χ0v) is 13.5. The molecule has 0 bridgehead atoms. The summed E-state index contributed by atoms with van der Waals surface area (Å²) < 4.78 is 0. The molecule has 1 aromatic heterocycles. The quantitative estimate of drug-likeness (QED) is 0.710. The molecular formula is C16H13Cl2N5. The maximum atomic E-state index is 5.99. The van der Waals surface area contributed by atoms with Crippen molar-refractivity contribution in [2.75, 3.05) is 10.6 Å². The largest absolute Gasteiger partial charge is 0.365 e. The smallest absolute Gasteiger partial charge is 0.249 e. The van der Waals surface area contributed by atoms with Crippen molar-refractivity contribution in [2.24, 2.45) is 0 Å². The Balaban J connectivity index is 1.68. The molecule has 116 valence electrons. The number of aromatic nitrogens is 3. The SMILES string of the molecule is Clc1ccc(Nc2nncc(NCc3ccccc3)n2)cc1Cl. The van der Waals surface area contributed by atoms with Crippen LogP contribution in [-0.4, -0.2) is 15.2 Å². The van der Waals surface area contributed by atoms with E-state index in [-0.39, 0.29) is 0 Å². The van der Waals surface area contributed by atoms with Gasteiger partial charge in [0, 0.05) is 12.2 Å². The Morgan fingerprint density at radius 1 is 0.957 bits per heavy atom. The van der Waals surface area contributed by atoms with Crippen molar-refractivity contribution >= 4 is 40.7 Å². The molecule has 0 aliphatic heterocycles. The molecule has 2 N–H and O–H groups in total. The first kappa shape index (κ1) is 15.5. The average molecular weight is 346 g/mol. The highest BCUT2D eigenvalue weighted by atomic mass is 35.5. The highest BCUT2D eigenvalue weighted by Gasteiger charge is 2.04. The highest BCUT2D eigenvalue weighted by Crippen LogP contribution is 2.26. The molecule has 0 atom stereocenters. The summed E-state index contributed by atoms with van der Waals surface area (Å²) in [4.78, 5) is 4.36. The van der Waals surface area contributed by atoms with Gasteiger partial charge in [-0.05, 0) is 23.8 Å². The molecule has 1 heterocycles. The van der Waals surface area contributed by atoms with E-state index in [1.165, 1.54) is 0 Å². The number of halogens is 2. The van der Waals surface area contributed by atoms with Gasteiger partial charge in [0.2, 0.25) is 5.95 Å². The van der Waals surface area contributed by atoms with E-state index in [4.69, 9.17) is 23.2 Å². The Morgan fingerprint density at radius 3 is 2.57 bits per heavy atom. The lowest BCUT2D eigenvalue weighted by molar-refractivity contribution is 0.966. The summed E-state index contributed by atoms with van der Waals surface area (Å²) in [6.07, 6.45) is 1.57. The lowest BCUT2D eigenvalue weighted by Gasteiger charge is -2.08. The molecule has 0 aliphatic rings. The predicted octanol–water partition coefficient (Wildman–Crippen LogP) is 4.53. The molecule has 3 rings (SSSR count). The molecule has 0 amide bonds. The molecule has 0 fully saturated rings. The summed E-state index contributed by atoms with van der Waals surface area (Å²) in [6.45, 7) is 0.658. The third-order valence-corrected chi connectivity index (χ3v) is 3.79. The molecule has 3 aromatic rings. The molecular weight excluding hydrogens is 333 g/mol. The van der Waals surface area contributed by atoms with Gasteiger partial charge >= 0.3 is 0 Å². The Morgan fingerprint density at radius 2 is 1.78 bits per heavy atom. The van der Waals surface area contributed by atoms with Crippen LogP contribution in [0.15, 0.2) is 54.7 Å². The molecule has 0 saturated heterocycles. The van der Waals surface area contributed by atoms with Gasteiger partial charge in [-0.1, -0.05) is 53.5 Å². The van der Waals surface area contributed by atoms with E-state index in [1.807, 2.05) is 30.3 Å². The molecule has 0 radical (unpaired) electrons. The van der Waals surface area contributed by atoms with Crippen LogP contribution in [0.2, 0.25) is 10.0 Å². The minimum absolute atomic E-state index is 0.376. The predicted molar refractivity (Wildman–Crippen MR) is 93.3 cm³/mol. The van der Waals surface area contributed by atoms with Gasteiger partial charge in [-0.15, -0.1) is 5.10 Å². The lowest BCUT2D eigenvalue weighted by Crippen LogP contribution is -2.05. The van der Waals surface area contributed by atoms with Crippen molar-refractivity contribution < 1.29 is 0 Å². The second kappa shape index (κ2) is 7.26. The zero-order valence-electron chi connectivity index (χ0n) is 12.0. The highest BCUT2D eigenvalue weighted by molar-refractivity contribution is 6.42. The van der Waals surface area contributed by atoms with Crippen LogP contribution < -0.4 is 10.6 Å². The van der Waals surface area contributed by atoms with Crippen molar-refractivity contribution in [1.82, 2.24) is 15.2 Å². The van der Waals surface area contributed by atoms with E-state index >= 15 is 0 Å². The summed E-state index contributed by atoms with van der Waals surface area (Å²) in [5.74, 6) is 1.01. The van der Waals surface area contributed by atoms with E-state index in [0.29, 0.717) is 28.4 Å². The van der Waals surface area contributed by atoms with Crippen molar-refractivity contribution in [1.29, 1.82) is 0 Å². The van der Waals surface area contributed by atoms with Gasteiger partial charge in [-0.3, -0.25) is 0 Å². The van der Waals surface area contributed by atoms with Crippen LogP contribution in [0.5, 0.6) is 0 Å². The second-order valence-electron chi connectivity index (χ2n) is 4.76. The summed E-state index contributed by atoms with van der Waals surface area (Å²) >= 11 is 11.9. The zero-order chi connectivity index (χ0) is 16.1. The average Bonchev–Trinajstić information content (AvgIpc) is 2.58. The van der Waals surface area contributed by atoms with Gasteiger partial charge < -0.3 is 10.6 Å². The number of nitrogens with one attached hydrogen (secondary N) is 2. The van der Waals surface area contributed by atoms with Gasteiger partial charge in [-0.2, -0.15) is 10.1 Å². The molecule has 0 saturated carbocycles. The normalized spacial score (nSPS) is 10.3. The number of hydrogen-bond acceptors (Lipinski definition) is 5. The Bertz CT molecular complexity index is 795. The Hall–Kier alpha value is -2.37. The standard InChI is InChI=1S/C16H13Cl2N5/c17-13-7-6-12(8-14(13)18)21-16-22-15(10-20-23-16)19-9-11-4-2-1-3-5-11/h1-8,10H,9H2,(H2,19,21,22,23). The topological polar surface area (TPSA) is 62.7 Å². The van der Waals surface area contributed by atoms with Crippen molar-refractivity contribution in [3.8, 4) is 0 Å². The third kappa shape index (κ3) is 4.31. The number of hydrogen-bond donors (Lipinski definition) is 2. The van der Waals surface area contributed by atoms with E-state index in [2.05, 4.69) is 25.8 Å². The molecule has 7 heteroatoms. The minimum atomic E-state index is 0.376. The number of nitrogens with zero attached hydrogens (tertiary/aromatic N) is 3. The first-order valence-corrected chi connectivity index (χ1v) is 7.66. The molecule has 5 nitrogen and oxygen atoms in total. The van der Waals surface area contributed by atoms with Crippen LogP contribution in [0.3, 0.4) is 0 Å². The first-order chi connectivity index (χ1) is 11.2. The van der Waals surface area contributed by atoms with Gasteiger partial charge in [-0.25, -0.2) is 0 Å². The van der Waals surface area contributed by atoms with E-state index < -0.39 is 0 Å². The van der Waals surface area contributed by atoms with Crippen LogP contribution >= 0.6 is 23.2 Å². The summed E-state index contributed by atoms with van der Waals surface area (Å²) in [5.41, 5.74) is 1.89. The fourth-order valence-electron chi connectivity index (χ4n) is 1.93. The van der Waals surface area contributed by atoms with Gasteiger partial charge in [0.15, 0.2) is 5.82 Å². The van der Waals surface area contributed by atoms with Crippen molar-refractivity contribution in [2.45, 2.75) is 6.54 Å². The Labute approximate surface area is 143 Å². The fraction of sp³-hybridized carbons (Fsp3) is 0.0625.